The Labute approximate surface area is 175 Å². The number of nitrogens with one attached hydrogen (secondary N) is 4. The molecule has 0 spiro atoms. The molecule has 1 heterocycles. The summed E-state index contributed by atoms with van der Waals surface area (Å²) in [7, 11) is 0. The van der Waals surface area contributed by atoms with E-state index in [-0.39, 0.29) is 5.91 Å². The number of aryl methyl sites for hydroxylation is 1. The molecule has 0 saturated heterocycles. The third kappa shape index (κ3) is 9.48. The lowest BCUT2D eigenvalue weighted by Crippen LogP contribution is -2.42. The summed E-state index contributed by atoms with van der Waals surface area (Å²) < 4.78 is -0.973. The molecule has 0 aliphatic rings. The minimum absolute atomic E-state index is 0.258. The number of aliphatic imine (C=N–C) groups is 1. The van der Waals surface area contributed by atoms with Crippen molar-refractivity contribution in [1.29, 1.82) is 5.26 Å². The van der Waals surface area contributed by atoms with Gasteiger partial charge >= 0.3 is 0 Å². The highest BCUT2D eigenvalue weighted by Gasteiger charge is 2.27. The number of carbonyl (C=O) groups is 1. The highest BCUT2D eigenvalue weighted by molar-refractivity contribution is 9.40. The van der Waals surface area contributed by atoms with E-state index < -0.39 is 2.14 Å². The average molecular weight is 560 g/mol. The SMILES string of the molecule is Cc1[nH]cnc1CSCCN=C(NC#N)NCCNC(=O)C(Br)(Br)Br. The smallest absolute Gasteiger partial charge is 0.258 e. The van der Waals surface area contributed by atoms with Crippen molar-refractivity contribution < 1.29 is 4.79 Å². The number of thioether (sulfide) groups is 1. The summed E-state index contributed by atoms with van der Waals surface area (Å²) in [4.78, 5) is 23.2. The first kappa shape index (κ1) is 22.3. The number of carbonyl (C=O) groups excluding carboxylic acids is 1. The number of alkyl halides is 3. The number of aromatic amines is 1. The number of hydrogen-bond acceptors (Lipinski definition) is 5. The summed E-state index contributed by atoms with van der Waals surface area (Å²) >= 11 is 11.1. The molecule has 0 atom stereocenters. The van der Waals surface area contributed by atoms with E-state index in [9.17, 15) is 4.79 Å². The van der Waals surface area contributed by atoms with E-state index >= 15 is 0 Å². The summed E-state index contributed by atoms with van der Waals surface area (Å²) in [5.74, 6) is 1.75. The van der Waals surface area contributed by atoms with Gasteiger partial charge in [-0.15, -0.1) is 0 Å². The van der Waals surface area contributed by atoms with Gasteiger partial charge in [0.15, 0.2) is 6.19 Å². The fourth-order valence-corrected chi connectivity index (χ4v) is 2.84. The second-order valence-corrected chi connectivity index (χ2v) is 12.5. The number of hydrogen-bond donors (Lipinski definition) is 4. The van der Waals surface area contributed by atoms with Crippen LogP contribution in [0.15, 0.2) is 11.3 Å². The Balaban J connectivity index is 2.26. The van der Waals surface area contributed by atoms with Crippen LogP contribution in [0.5, 0.6) is 0 Å². The van der Waals surface area contributed by atoms with Crippen LogP contribution in [0.2, 0.25) is 0 Å². The molecule has 1 aromatic rings. The predicted octanol–water partition coefficient (Wildman–Crippen LogP) is 1.92. The Hall–Kier alpha value is -0.770. The standard InChI is InChI=1S/C13H18Br3N7OS/c1-9-10(23-8-22-9)6-25-5-4-20-12(21-7-17)19-3-2-18-11(24)13(14,15)16/h8H,2-6H2,1H3,(H,18,24)(H,22,23)(H2,19,20,21). The average Bonchev–Trinajstić information content (AvgIpc) is 2.95. The number of rotatable bonds is 8. The van der Waals surface area contributed by atoms with Gasteiger partial charge in [-0.2, -0.15) is 17.0 Å². The minimum atomic E-state index is -0.973. The molecular formula is C13H18Br3N7OS. The maximum Gasteiger partial charge on any atom is 0.258 e. The molecule has 0 fully saturated rings. The Bertz CT molecular complexity index is 624. The van der Waals surface area contributed by atoms with Crippen LogP contribution in [-0.2, 0) is 10.5 Å². The Kier molecular flexibility index (Phi) is 10.5. The number of nitrogens with zero attached hydrogens (tertiary/aromatic N) is 3. The highest BCUT2D eigenvalue weighted by atomic mass is 80.0. The zero-order valence-corrected chi connectivity index (χ0v) is 19.0. The Morgan fingerprint density at radius 1 is 1.44 bits per heavy atom. The van der Waals surface area contributed by atoms with Gasteiger partial charge in [-0.1, -0.05) is 0 Å². The lowest BCUT2D eigenvalue weighted by molar-refractivity contribution is -0.119. The van der Waals surface area contributed by atoms with Crippen molar-refractivity contribution in [2.45, 2.75) is 14.8 Å². The van der Waals surface area contributed by atoms with Gasteiger partial charge in [0.2, 0.25) is 8.10 Å². The van der Waals surface area contributed by atoms with E-state index in [0.29, 0.717) is 25.6 Å². The molecule has 8 nitrogen and oxygen atoms in total. The van der Waals surface area contributed by atoms with Gasteiger partial charge in [-0.25, -0.2) is 4.98 Å². The summed E-state index contributed by atoms with van der Waals surface area (Å²) in [6.45, 7) is 3.36. The van der Waals surface area contributed by atoms with E-state index in [4.69, 9.17) is 5.26 Å². The lowest BCUT2D eigenvalue weighted by Gasteiger charge is -2.13. The molecular weight excluding hydrogens is 542 g/mol. The summed E-state index contributed by atoms with van der Waals surface area (Å²) in [6, 6.07) is 0. The van der Waals surface area contributed by atoms with Gasteiger partial charge in [-0.3, -0.25) is 15.1 Å². The second-order valence-electron chi connectivity index (χ2n) is 4.67. The van der Waals surface area contributed by atoms with Crippen LogP contribution in [0.4, 0.5) is 0 Å². The molecule has 4 N–H and O–H groups in total. The molecule has 1 aromatic heterocycles. The quantitative estimate of drug-likeness (QED) is 0.0965. The topological polar surface area (TPSA) is 118 Å². The fraction of sp³-hybridized carbons (Fsp3) is 0.538. The van der Waals surface area contributed by atoms with E-state index in [1.54, 1.807) is 18.1 Å². The molecule has 0 unspecified atom stereocenters. The van der Waals surface area contributed by atoms with Crippen LogP contribution < -0.4 is 16.0 Å². The van der Waals surface area contributed by atoms with Gasteiger partial charge in [0.25, 0.3) is 5.91 Å². The van der Waals surface area contributed by atoms with Crippen molar-refractivity contribution in [2.24, 2.45) is 4.99 Å². The van der Waals surface area contributed by atoms with Crippen molar-refractivity contribution in [3.8, 4) is 6.19 Å². The summed E-state index contributed by atoms with van der Waals surface area (Å²) in [5, 5.41) is 16.9. The summed E-state index contributed by atoms with van der Waals surface area (Å²) in [5.41, 5.74) is 2.12. The molecule has 25 heavy (non-hydrogen) atoms. The zero-order chi connectivity index (χ0) is 18.7. The predicted molar refractivity (Wildman–Crippen MR) is 111 cm³/mol. The molecule has 0 aromatic carbocycles. The number of guanidine groups is 1. The van der Waals surface area contributed by atoms with E-state index in [1.807, 2.05) is 13.1 Å². The maximum atomic E-state index is 11.6. The van der Waals surface area contributed by atoms with Crippen LogP contribution in [0.3, 0.4) is 0 Å². The zero-order valence-electron chi connectivity index (χ0n) is 13.4. The normalized spacial score (nSPS) is 11.7. The Morgan fingerprint density at radius 3 is 2.76 bits per heavy atom. The molecule has 1 rings (SSSR count). The third-order valence-electron chi connectivity index (χ3n) is 2.81. The second kappa shape index (κ2) is 11.8. The number of amides is 1. The number of aromatic nitrogens is 2. The Morgan fingerprint density at radius 2 is 2.16 bits per heavy atom. The largest absolute Gasteiger partial charge is 0.354 e. The van der Waals surface area contributed by atoms with Crippen LogP contribution >= 0.6 is 59.6 Å². The molecule has 0 bridgehead atoms. The van der Waals surface area contributed by atoms with Gasteiger partial charge in [0, 0.05) is 30.3 Å². The van der Waals surface area contributed by atoms with Crippen molar-refractivity contribution in [3.05, 3.63) is 17.7 Å². The first-order valence-corrected chi connectivity index (χ1v) is 10.7. The van der Waals surface area contributed by atoms with Gasteiger partial charge in [-0.05, 0) is 54.7 Å². The molecule has 0 aliphatic heterocycles. The minimum Gasteiger partial charge on any atom is -0.354 e. The first-order valence-electron chi connectivity index (χ1n) is 7.19. The van der Waals surface area contributed by atoms with Gasteiger partial charge in [0.1, 0.15) is 0 Å². The van der Waals surface area contributed by atoms with Crippen LogP contribution in [-0.4, -0.2) is 49.4 Å². The van der Waals surface area contributed by atoms with Crippen molar-refractivity contribution >= 4 is 71.4 Å². The van der Waals surface area contributed by atoms with E-state index in [2.05, 4.69) is 78.7 Å². The van der Waals surface area contributed by atoms with Crippen molar-refractivity contribution in [1.82, 2.24) is 25.9 Å². The van der Waals surface area contributed by atoms with Crippen LogP contribution in [0.25, 0.3) is 0 Å². The van der Waals surface area contributed by atoms with Crippen LogP contribution in [0, 0.1) is 18.4 Å². The van der Waals surface area contributed by atoms with Crippen molar-refractivity contribution in [2.75, 3.05) is 25.4 Å². The molecule has 0 aliphatic carbocycles. The highest BCUT2D eigenvalue weighted by Crippen LogP contribution is 2.33. The molecule has 1 amide bonds. The maximum absolute atomic E-state index is 11.6. The van der Waals surface area contributed by atoms with Crippen LogP contribution in [0.1, 0.15) is 11.4 Å². The molecule has 12 heteroatoms. The van der Waals surface area contributed by atoms with E-state index in [0.717, 1.165) is 22.9 Å². The number of imidazole rings is 1. The molecule has 138 valence electrons. The fourth-order valence-electron chi connectivity index (χ4n) is 1.57. The monoisotopic (exact) mass is 557 g/mol. The number of H-pyrrole nitrogens is 1. The first-order chi connectivity index (χ1) is 11.8. The number of nitriles is 1. The molecule has 0 radical (unpaired) electrons. The van der Waals surface area contributed by atoms with Crippen molar-refractivity contribution in [3.63, 3.8) is 0 Å². The molecule has 0 saturated carbocycles. The van der Waals surface area contributed by atoms with E-state index in [1.165, 1.54) is 0 Å². The lowest BCUT2D eigenvalue weighted by atomic mass is 10.4. The van der Waals surface area contributed by atoms with Gasteiger partial charge < -0.3 is 15.6 Å². The number of halogens is 3. The van der Waals surface area contributed by atoms with Gasteiger partial charge in [0.05, 0.1) is 18.6 Å². The summed E-state index contributed by atoms with van der Waals surface area (Å²) in [6.07, 6.45) is 3.52. The third-order valence-corrected chi connectivity index (χ3v) is 4.84.